The molecule has 0 fully saturated rings. The molecule has 3 heteroatoms. The standard InChI is InChI=1S/C14H12Cl2O/c1-10-5-2-3-8-13(10)17-9-11-6-4-7-12(15)14(11)16/h2-8H,9H2,1H3. The highest BCUT2D eigenvalue weighted by Gasteiger charge is 2.05. The highest BCUT2D eigenvalue weighted by molar-refractivity contribution is 6.42. The van der Waals surface area contributed by atoms with Crippen molar-refractivity contribution in [2.24, 2.45) is 0 Å². The zero-order valence-electron chi connectivity index (χ0n) is 9.41. The molecule has 0 saturated heterocycles. The van der Waals surface area contributed by atoms with Crippen LogP contribution in [-0.2, 0) is 6.61 Å². The Morgan fingerprint density at radius 2 is 1.76 bits per heavy atom. The molecule has 0 N–H and O–H groups in total. The van der Waals surface area contributed by atoms with Crippen molar-refractivity contribution in [3.8, 4) is 5.75 Å². The topological polar surface area (TPSA) is 9.23 Å². The van der Waals surface area contributed by atoms with E-state index in [1.807, 2.05) is 43.3 Å². The van der Waals surface area contributed by atoms with Gasteiger partial charge in [0.05, 0.1) is 10.0 Å². The molecule has 2 aromatic rings. The number of rotatable bonds is 3. The van der Waals surface area contributed by atoms with E-state index in [4.69, 9.17) is 27.9 Å². The summed E-state index contributed by atoms with van der Waals surface area (Å²) in [5.41, 5.74) is 1.99. The highest BCUT2D eigenvalue weighted by atomic mass is 35.5. The quantitative estimate of drug-likeness (QED) is 0.770. The molecule has 0 unspecified atom stereocenters. The Bertz CT molecular complexity index is 523. The van der Waals surface area contributed by atoms with Crippen LogP contribution in [0.2, 0.25) is 10.0 Å². The molecule has 0 radical (unpaired) electrons. The summed E-state index contributed by atoms with van der Waals surface area (Å²) in [6, 6.07) is 13.4. The molecule has 0 bridgehead atoms. The monoisotopic (exact) mass is 266 g/mol. The number of hydrogen-bond donors (Lipinski definition) is 0. The molecular formula is C14H12Cl2O. The van der Waals surface area contributed by atoms with E-state index in [1.165, 1.54) is 0 Å². The third kappa shape index (κ3) is 2.93. The van der Waals surface area contributed by atoms with Crippen molar-refractivity contribution in [3.63, 3.8) is 0 Å². The first-order valence-electron chi connectivity index (χ1n) is 5.30. The normalized spacial score (nSPS) is 10.3. The number of halogens is 2. The zero-order chi connectivity index (χ0) is 12.3. The molecule has 0 aliphatic carbocycles. The molecule has 0 heterocycles. The van der Waals surface area contributed by atoms with Gasteiger partial charge in [-0.25, -0.2) is 0 Å². The summed E-state index contributed by atoms with van der Waals surface area (Å²) in [6.07, 6.45) is 0. The lowest BCUT2D eigenvalue weighted by molar-refractivity contribution is 0.304. The molecule has 0 aromatic heterocycles. The lowest BCUT2D eigenvalue weighted by Gasteiger charge is -2.10. The molecule has 88 valence electrons. The molecule has 17 heavy (non-hydrogen) atoms. The fourth-order valence-electron chi connectivity index (χ4n) is 1.53. The van der Waals surface area contributed by atoms with E-state index in [0.717, 1.165) is 16.9 Å². The molecule has 0 amide bonds. The Balaban J connectivity index is 2.13. The van der Waals surface area contributed by atoms with Gasteiger partial charge in [0, 0.05) is 5.56 Å². The van der Waals surface area contributed by atoms with Gasteiger partial charge in [0.1, 0.15) is 12.4 Å². The van der Waals surface area contributed by atoms with E-state index in [9.17, 15) is 0 Å². The summed E-state index contributed by atoms with van der Waals surface area (Å²) >= 11 is 12.0. The van der Waals surface area contributed by atoms with Crippen molar-refractivity contribution in [2.75, 3.05) is 0 Å². The Kier molecular flexibility index (Phi) is 3.93. The largest absolute Gasteiger partial charge is 0.489 e. The Labute approximate surface area is 111 Å². The highest BCUT2D eigenvalue weighted by Crippen LogP contribution is 2.27. The summed E-state index contributed by atoms with van der Waals surface area (Å²) in [5.74, 6) is 0.864. The fourth-order valence-corrected chi connectivity index (χ4v) is 1.91. The van der Waals surface area contributed by atoms with Gasteiger partial charge < -0.3 is 4.74 Å². The first-order chi connectivity index (χ1) is 8.18. The second-order valence-corrected chi connectivity index (χ2v) is 4.55. The van der Waals surface area contributed by atoms with E-state index in [-0.39, 0.29) is 0 Å². The van der Waals surface area contributed by atoms with Gasteiger partial charge in [-0.05, 0) is 24.6 Å². The maximum absolute atomic E-state index is 6.09. The first-order valence-corrected chi connectivity index (χ1v) is 6.05. The van der Waals surface area contributed by atoms with Crippen LogP contribution in [0, 0.1) is 6.92 Å². The SMILES string of the molecule is Cc1ccccc1OCc1cccc(Cl)c1Cl. The molecule has 0 saturated carbocycles. The molecule has 1 nitrogen and oxygen atoms in total. The summed E-state index contributed by atoms with van der Waals surface area (Å²) in [4.78, 5) is 0. The van der Waals surface area contributed by atoms with E-state index in [2.05, 4.69) is 0 Å². The number of benzene rings is 2. The van der Waals surface area contributed by atoms with Crippen LogP contribution in [0.1, 0.15) is 11.1 Å². The number of hydrogen-bond acceptors (Lipinski definition) is 1. The van der Waals surface area contributed by atoms with Crippen molar-refractivity contribution in [1.29, 1.82) is 0 Å². The van der Waals surface area contributed by atoms with Crippen LogP contribution in [0.15, 0.2) is 42.5 Å². The molecular weight excluding hydrogens is 255 g/mol. The van der Waals surface area contributed by atoms with Gasteiger partial charge >= 0.3 is 0 Å². The fraction of sp³-hybridized carbons (Fsp3) is 0.143. The van der Waals surface area contributed by atoms with Crippen LogP contribution < -0.4 is 4.74 Å². The predicted molar refractivity (Wildman–Crippen MR) is 72.0 cm³/mol. The van der Waals surface area contributed by atoms with Gasteiger partial charge in [-0.1, -0.05) is 53.5 Å². The minimum absolute atomic E-state index is 0.421. The van der Waals surface area contributed by atoms with E-state index in [1.54, 1.807) is 6.07 Å². The molecule has 0 aliphatic heterocycles. The van der Waals surface area contributed by atoms with E-state index >= 15 is 0 Å². The lowest BCUT2D eigenvalue weighted by atomic mass is 10.2. The van der Waals surface area contributed by atoms with Crippen LogP contribution in [0.4, 0.5) is 0 Å². The molecule has 0 aliphatic rings. The smallest absolute Gasteiger partial charge is 0.122 e. The van der Waals surface area contributed by atoms with Crippen molar-refractivity contribution < 1.29 is 4.74 Å². The Morgan fingerprint density at radius 1 is 1.00 bits per heavy atom. The van der Waals surface area contributed by atoms with Crippen molar-refractivity contribution >= 4 is 23.2 Å². The van der Waals surface area contributed by atoms with Crippen molar-refractivity contribution in [3.05, 3.63) is 63.6 Å². The maximum Gasteiger partial charge on any atom is 0.122 e. The number of ether oxygens (including phenoxy) is 1. The van der Waals surface area contributed by atoms with Gasteiger partial charge in [-0.15, -0.1) is 0 Å². The molecule has 2 rings (SSSR count). The molecule has 0 spiro atoms. The minimum atomic E-state index is 0.421. The second kappa shape index (κ2) is 5.44. The molecule has 2 aromatic carbocycles. The number of para-hydroxylation sites is 1. The Morgan fingerprint density at radius 3 is 2.53 bits per heavy atom. The zero-order valence-corrected chi connectivity index (χ0v) is 10.9. The summed E-state index contributed by atoms with van der Waals surface area (Å²) in [7, 11) is 0. The average molecular weight is 267 g/mol. The predicted octanol–water partition coefficient (Wildman–Crippen LogP) is 4.88. The third-order valence-electron chi connectivity index (χ3n) is 2.51. The van der Waals surface area contributed by atoms with Crippen LogP contribution in [-0.4, -0.2) is 0 Å². The van der Waals surface area contributed by atoms with Crippen LogP contribution in [0.5, 0.6) is 5.75 Å². The average Bonchev–Trinajstić information content (AvgIpc) is 2.33. The van der Waals surface area contributed by atoms with Gasteiger partial charge in [-0.2, -0.15) is 0 Å². The molecule has 0 atom stereocenters. The van der Waals surface area contributed by atoms with Gasteiger partial charge in [0.2, 0.25) is 0 Å². The van der Waals surface area contributed by atoms with Crippen LogP contribution >= 0.6 is 23.2 Å². The van der Waals surface area contributed by atoms with E-state index in [0.29, 0.717) is 16.7 Å². The van der Waals surface area contributed by atoms with Crippen LogP contribution in [0.3, 0.4) is 0 Å². The summed E-state index contributed by atoms with van der Waals surface area (Å²) in [6.45, 7) is 2.43. The summed E-state index contributed by atoms with van der Waals surface area (Å²) in [5, 5.41) is 1.11. The maximum atomic E-state index is 6.09. The number of aryl methyl sites for hydroxylation is 1. The van der Waals surface area contributed by atoms with Gasteiger partial charge in [0.25, 0.3) is 0 Å². The lowest BCUT2D eigenvalue weighted by Crippen LogP contribution is -1.97. The Hall–Kier alpha value is -1.18. The van der Waals surface area contributed by atoms with Crippen molar-refractivity contribution in [1.82, 2.24) is 0 Å². The second-order valence-electron chi connectivity index (χ2n) is 3.77. The van der Waals surface area contributed by atoms with E-state index < -0.39 is 0 Å². The minimum Gasteiger partial charge on any atom is -0.489 e. The summed E-state index contributed by atoms with van der Waals surface area (Å²) < 4.78 is 5.72. The van der Waals surface area contributed by atoms with Gasteiger partial charge in [-0.3, -0.25) is 0 Å². The van der Waals surface area contributed by atoms with Crippen LogP contribution in [0.25, 0.3) is 0 Å². The van der Waals surface area contributed by atoms with Crippen molar-refractivity contribution in [2.45, 2.75) is 13.5 Å². The van der Waals surface area contributed by atoms with Gasteiger partial charge in [0.15, 0.2) is 0 Å². The third-order valence-corrected chi connectivity index (χ3v) is 3.37. The first kappa shape index (κ1) is 12.3.